The highest BCUT2D eigenvalue weighted by Gasteiger charge is 2.15. The number of amides is 1. The second-order valence-corrected chi connectivity index (χ2v) is 6.01. The van der Waals surface area contributed by atoms with E-state index >= 15 is 0 Å². The maximum absolute atomic E-state index is 13.7. The number of imidazole rings is 1. The van der Waals surface area contributed by atoms with Crippen molar-refractivity contribution in [2.75, 3.05) is 0 Å². The minimum absolute atomic E-state index is 0.0891. The minimum Gasteiger partial charge on any atom is -0.352 e. The Morgan fingerprint density at radius 3 is 2.64 bits per heavy atom. The lowest BCUT2D eigenvalue weighted by molar-refractivity contribution is -0.121. The van der Waals surface area contributed by atoms with Gasteiger partial charge in [0, 0.05) is 19.0 Å². The standard InChI is InChI=1S/C18H17F2N3O2/c1-10(13-4-3-12(19)8-14(13)20)6-17(24)21-9-11-2-5-15-16(7-11)23-18(25)22-15/h2-5,7-8,10H,6,9H2,1H3,(H,21,24)(H2,22,23,25). The number of hydrogen-bond acceptors (Lipinski definition) is 2. The summed E-state index contributed by atoms with van der Waals surface area (Å²) in [6.45, 7) is 2.01. The second kappa shape index (κ2) is 6.88. The molecule has 0 bridgehead atoms. The van der Waals surface area contributed by atoms with Crippen LogP contribution in [0.2, 0.25) is 0 Å². The van der Waals surface area contributed by atoms with Crippen LogP contribution in [0.25, 0.3) is 11.0 Å². The fourth-order valence-corrected chi connectivity index (χ4v) is 2.75. The van der Waals surface area contributed by atoms with Gasteiger partial charge < -0.3 is 15.3 Å². The third-order valence-corrected chi connectivity index (χ3v) is 4.06. The van der Waals surface area contributed by atoms with E-state index in [0.29, 0.717) is 23.1 Å². The molecule has 3 rings (SSSR count). The number of aromatic nitrogens is 2. The summed E-state index contributed by atoms with van der Waals surface area (Å²) in [6.07, 6.45) is 0.0891. The Bertz CT molecular complexity index is 978. The van der Waals surface area contributed by atoms with Crippen LogP contribution in [-0.2, 0) is 11.3 Å². The zero-order chi connectivity index (χ0) is 18.0. The smallest absolute Gasteiger partial charge is 0.323 e. The van der Waals surface area contributed by atoms with Gasteiger partial charge in [-0.2, -0.15) is 0 Å². The number of fused-ring (bicyclic) bond motifs is 1. The van der Waals surface area contributed by atoms with Crippen molar-refractivity contribution in [3.63, 3.8) is 0 Å². The van der Waals surface area contributed by atoms with Crippen LogP contribution in [0.1, 0.15) is 30.4 Å². The van der Waals surface area contributed by atoms with Gasteiger partial charge in [0.25, 0.3) is 0 Å². The molecule has 0 aliphatic carbocycles. The molecule has 7 heteroatoms. The molecule has 0 saturated heterocycles. The predicted octanol–water partition coefficient (Wildman–Crippen LogP) is 2.94. The van der Waals surface area contributed by atoms with E-state index in [1.165, 1.54) is 12.1 Å². The van der Waals surface area contributed by atoms with Crippen molar-refractivity contribution < 1.29 is 13.6 Å². The molecule has 0 spiro atoms. The Hall–Kier alpha value is -2.96. The van der Waals surface area contributed by atoms with Crippen molar-refractivity contribution in [3.05, 3.63) is 69.6 Å². The average Bonchev–Trinajstić information content (AvgIpc) is 2.92. The van der Waals surface area contributed by atoms with Gasteiger partial charge in [-0.1, -0.05) is 19.1 Å². The third-order valence-electron chi connectivity index (χ3n) is 4.06. The summed E-state index contributed by atoms with van der Waals surface area (Å²) in [5.41, 5.74) is 2.21. The fourth-order valence-electron chi connectivity index (χ4n) is 2.75. The van der Waals surface area contributed by atoms with E-state index in [2.05, 4.69) is 15.3 Å². The van der Waals surface area contributed by atoms with Crippen LogP contribution >= 0.6 is 0 Å². The number of hydrogen-bond donors (Lipinski definition) is 3. The quantitative estimate of drug-likeness (QED) is 0.665. The van der Waals surface area contributed by atoms with E-state index in [1.807, 2.05) is 0 Å². The zero-order valence-electron chi connectivity index (χ0n) is 13.5. The molecule has 1 unspecified atom stereocenters. The minimum atomic E-state index is -0.651. The molecular weight excluding hydrogens is 328 g/mol. The Kier molecular flexibility index (Phi) is 4.65. The van der Waals surface area contributed by atoms with Crippen LogP contribution < -0.4 is 11.0 Å². The molecule has 1 heterocycles. The molecule has 0 saturated carbocycles. The molecule has 0 aliphatic heterocycles. The number of H-pyrrole nitrogens is 2. The third kappa shape index (κ3) is 3.93. The Labute approximate surface area is 142 Å². The molecule has 0 radical (unpaired) electrons. The molecule has 1 aromatic heterocycles. The normalized spacial score (nSPS) is 12.3. The highest BCUT2D eigenvalue weighted by atomic mass is 19.1. The van der Waals surface area contributed by atoms with Gasteiger partial charge in [0.15, 0.2) is 0 Å². The second-order valence-electron chi connectivity index (χ2n) is 6.01. The summed E-state index contributed by atoms with van der Waals surface area (Å²) in [7, 11) is 0. The summed E-state index contributed by atoms with van der Waals surface area (Å²) < 4.78 is 26.7. The van der Waals surface area contributed by atoms with Crippen molar-refractivity contribution in [2.45, 2.75) is 25.8 Å². The van der Waals surface area contributed by atoms with Gasteiger partial charge in [0.1, 0.15) is 11.6 Å². The van der Waals surface area contributed by atoms with E-state index < -0.39 is 11.6 Å². The van der Waals surface area contributed by atoms with Gasteiger partial charge in [0.05, 0.1) is 11.0 Å². The largest absolute Gasteiger partial charge is 0.352 e. The van der Waals surface area contributed by atoms with Crippen molar-refractivity contribution in [1.82, 2.24) is 15.3 Å². The SMILES string of the molecule is CC(CC(=O)NCc1ccc2[nH]c(=O)[nH]c2c1)c1ccc(F)cc1F. The van der Waals surface area contributed by atoms with Crippen LogP contribution in [0.5, 0.6) is 0 Å². The summed E-state index contributed by atoms with van der Waals surface area (Å²) in [4.78, 5) is 28.6. The Morgan fingerprint density at radius 2 is 1.88 bits per heavy atom. The number of carbonyl (C=O) groups excluding carboxylic acids is 1. The van der Waals surface area contributed by atoms with Gasteiger partial charge in [-0.3, -0.25) is 4.79 Å². The number of benzene rings is 2. The average molecular weight is 345 g/mol. The first-order chi connectivity index (χ1) is 11.9. The number of carbonyl (C=O) groups is 1. The van der Waals surface area contributed by atoms with Crippen molar-refractivity contribution in [3.8, 4) is 0 Å². The molecule has 0 fully saturated rings. The van der Waals surface area contributed by atoms with Gasteiger partial charge >= 0.3 is 5.69 Å². The summed E-state index contributed by atoms with van der Waals surface area (Å²) in [6, 6.07) is 8.69. The van der Waals surface area contributed by atoms with E-state index in [9.17, 15) is 18.4 Å². The fraction of sp³-hybridized carbons (Fsp3) is 0.222. The summed E-state index contributed by atoms with van der Waals surface area (Å²) in [5, 5.41) is 2.76. The number of halogens is 2. The maximum atomic E-state index is 13.7. The highest BCUT2D eigenvalue weighted by Crippen LogP contribution is 2.22. The van der Waals surface area contributed by atoms with E-state index in [0.717, 1.165) is 11.6 Å². The van der Waals surface area contributed by atoms with Crippen molar-refractivity contribution >= 4 is 16.9 Å². The maximum Gasteiger partial charge on any atom is 0.323 e. The molecule has 3 N–H and O–H groups in total. The van der Waals surface area contributed by atoms with Crippen LogP contribution in [-0.4, -0.2) is 15.9 Å². The molecule has 1 amide bonds. The molecule has 25 heavy (non-hydrogen) atoms. The Balaban J connectivity index is 1.60. The van der Waals surface area contributed by atoms with Gasteiger partial charge in [-0.25, -0.2) is 13.6 Å². The number of nitrogens with one attached hydrogen (secondary N) is 3. The highest BCUT2D eigenvalue weighted by molar-refractivity contribution is 5.78. The zero-order valence-corrected chi connectivity index (χ0v) is 13.5. The molecule has 3 aromatic rings. The molecule has 5 nitrogen and oxygen atoms in total. The summed E-state index contributed by atoms with van der Waals surface area (Å²) >= 11 is 0. The Morgan fingerprint density at radius 1 is 1.12 bits per heavy atom. The first kappa shape index (κ1) is 16.9. The molecule has 1 atom stereocenters. The number of aromatic amines is 2. The van der Waals surface area contributed by atoms with Gasteiger partial charge in [-0.15, -0.1) is 0 Å². The lowest BCUT2D eigenvalue weighted by Crippen LogP contribution is -2.24. The molecule has 130 valence electrons. The lowest BCUT2D eigenvalue weighted by atomic mass is 9.97. The topological polar surface area (TPSA) is 77.8 Å². The predicted molar refractivity (Wildman–Crippen MR) is 90.2 cm³/mol. The van der Waals surface area contributed by atoms with Gasteiger partial charge in [0.2, 0.25) is 5.91 Å². The van der Waals surface area contributed by atoms with Crippen LogP contribution in [0.15, 0.2) is 41.2 Å². The monoisotopic (exact) mass is 345 g/mol. The molecule has 2 aromatic carbocycles. The van der Waals surface area contributed by atoms with Crippen LogP contribution in [0.4, 0.5) is 8.78 Å². The lowest BCUT2D eigenvalue weighted by Gasteiger charge is -2.13. The van der Waals surface area contributed by atoms with Gasteiger partial charge in [-0.05, 0) is 35.2 Å². The molecular formula is C18H17F2N3O2. The van der Waals surface area contributed by atoms with Crippen LogP contribution in [0, 0.1) is 11.6 Å². The van der Waals surface area contributed by atoms with Crippen LogP contribution in [0.3, 0.4) is 0 Å². The van der Waals surface area contributed by atoms with Crippen molar-refractivity contribution in [1.29, 1.82) is 0 Å². The van der Waals surface area contributed by atoms with Crippen molar-refractivity contribution in [2.24, 2.45) is 0 Å². The van der Waals surface area contributed by atoms with E-state index in [-0.39, 0.29) is 23.9 Å². The summed E-state index contributed by atoms with van der Waals surface area (Å²) in [5.74, 6) is -1.90. The van der Waals surface area contributed by atoms with E-state index in [4.69, 9.17) is 0 Å². The molecule has 0 aliphatic rings. The first-order valence-electron chi connectivity index (χ1n) is 7.85. The number of rotatable bonds is 5. The first-order valence-corrected chi connectivity index (χ1v) is 7.85. The van der Waals surface area contributed by atoms with E-state index in [1.54, 1.807) is 25.1 Å².